The van der Waals surface area contributed by atoms with Crippen LogP contribution in [0.2, 0.25) is 5.02 Å². The minimum absolute atomic E-state index is 0.255. The Hall–Kier alpha value is -0.870. The van der Waals surface area contributed by atoms with Gasteiger partial charge in [-0.05, 0) is 52.9 Å². The van der Waals surface area contributed by atoms with Crippen molar-refractivity contribution in [2.24, 2.45) is 5.84 Å². The average molecular weight is 267 g/mol. The summed E-state index contributed by atoms with van der Waals surface area (Å²) in [5.41, 5.74) is 5.44. The van der Waals surface area contributed by atoms with Gasteiger partial charge in [0.2, 0.25) is 0 Å². The summed E-state index contributed by atoms with van der Waals surface area (Å²) in [7, 11) is 0. The largest absolute Gasteiger partial charge is 0.271 e. The molecule has 17 heavy (non-hydrogen) atoms. The highest BCUT2D eigenvalue weighted by Gasteiger charge is 2.09. The Labute approximate surface area is 110 Å². The van der Waals surface area contributed by atoms with Gasteiger partial charge in [0.1, 0.15) is 0 Å². The normalized spacial score (nSPS) is 12.6. The Morgan fingerprint density at radius 3 is 2.41 bits per heavy atom. The lowest BCUT2D eigenvalue weighted by Crippen LogP contribution is -2.38. The minimum atomic E-state index is 0.255. The fraction of sp³-hybridized carbons (Fsp3) is 0.231. The summed E-state index contributed by atoms with van der Waals surface area (Å²) in [5.74, 6) is 5.59. The Kier molecular flexibility index (Phi) is 4.57. The van der Waals surface area contributed by atoms with Crippen LogP contribution in [0.25, 0.3) is 0 Å². The molecule has 0 radical (unpaired) electrons. The molecule has 0 aliphatic carbocycles. The maximum absolute atomic E-state index is 5.86. The van der Waals surface area contributed by atoms with E-state index in [9.17, 15) is 0 Å². The van der Waals surface area contributed by atoms with Crippen molar-refractivity contribution in [1.82, 2.24) is 5.43 Å². The van der Waals surface area contributed by atoms with Crippen LogP contribution in [0.4, 0.5) is 0 Å². The van der Waals surface area contributed by atoms with Crippen LogP contribution in [0.15, 0.2) is 41.1 Å². The number of hydrogen-bond acceptors (Lipinski definition) is 3. The third-order valence-corrected chi connectivity index (χ3v) is 3.68. The van der Waals surface area contributed by atoms with Crippen LogP contribution >= 0.6 is 22.9 Å². The monoisotopic (exact) mass is 266 g/mol. The van der Waals surface area contributed by atoms with Crippen LogP contribution in [-0.4, -0.2) is 6.04 Å². The molecule has 2 rings (SSSR count). The molecule has 1 aromatic carbocycles. The molecule has 0 saturated heterocycles. The van der Waals surface area contributed by atoms with Gasteiger partial charge in [0.05, 0.1) is 0 Å². The standard InChI is InChI=1S/C13H15ClN2S/c14-12-3-1-10(2-4-12)7-13(16-15)8-11-5-6-17-9-11/h1-6,9,13,16H,7-8,15H2. The number of halogens is 1. The van der Waals surface area contributed by atoms with E-state index >= 15 is 0 Å². The number of hydrazine groups is 1. The summed E-state index contributed by atoms with van der Waals surface area (Å²) in [5, 5.41) is 5.01. The zero-order valence-corrected chi connectivity index (χ0v) is 11.0. The summed E-state index contributed by atoms with van der Waals surface area (Å²) in [4.78, 5) is 0. The lowest BCUT2D eigenvalue weighted by molar-refractivity contribution is 0.523. The van der Waals surface area contributed by atoms with E-state index < -0.39 is 0 Å². The first-order valence-electron chi connectivity index (χ1n) is 5.49. The van der Waals surface area contributed by atoms with Gasteiger partial charge in [-0.1, -0.05) is 23.7 Å². The maximum atomic E-state index is 5.86. The van der Waals surface area contributed by atoms with Gasteiger partial charge in [0, 0.05) is 11.1 Å². The van der Waals surface area contributed by atoms with Crippen molar-refractivity contribution in [1.29, 1.82) is 0 Å². The number of hydrogen-bond donors (Lipinski definition) is 2. The van der Waals surface area contributed by atoms with Crippen molar-refractivity contribution < 1.29 is 0 Å². The van der Waals surface area contributed by atoms with E-state index in [-0.39, 0.29) is 6.04 Å². The molecular formula is C13H15ClN2S. The highest BCUT2D eigenvalue weighted by atomic mass is 35.5. The van der Waals surface area contributed by atoms with E-state index in [1.807, 2.05) is 24.3 Å². The molecule has 1 aromatic heterocycles. The van der Waals surface area contributed by atoms with E-state index in [4.69, 9.17) is 17.4 Å². The first-order valence-corrected chi connectivity index (χ1v) is 6.81. The lowest BCUT2D eigenvalue weighted by Gasteiger charge is -2.15. The van der Waals surface area contributed by atoms with Crippen LogP contribution in [0.3, 0.4) is 0 Å². The molecule has 0 aliphatic rings. The fourth-order valence-corrected chi connectivity index (χ4v) is 2.60. The summed E-state index contributed by atoms with van der Waals surface area (Å²) in [6, 6.07) is 10.3. The molecule has 3 N–H and O–H groups in total. The van der Waals surface area contributed by atoms with E-state index in [2.05, 4.69) is 22.3 Å². The first kappa shape index (κ1) is 12.6. The van der Waals surface area contributed by atoms with Crippen LogP contribution in [0, 0.1) is 0 Å². The SMILES string of the molecule is NNC(Cc1ccc(Cl)cc1)Cc1ccsc1. The third-order valence-electron chi connectivity index (χ3n) is 2.69. The molecule has 1 heterocycles. The summed E-state index contributed by atoms with van der Waals surface area (Å²) in [6.45, 7) is 0. The number of nitrogens with two attached hydrogens (primary N) is 1. The van der Waals surface area contributed by atoms with E-state index in [1.165, 1.54) is 11.1 Å². The highest BCUT2D eigenvalue weighted by Crippen LogP contribution is 2.14. The molecule has 0 amide bonds. The summed E-state index contributed by atoms with van der Waals surface area (Å²) >= 11 is 7.57. The Morgan fingerprint density at radius 2 is 1.82 bits per heavy atom. The van der Waals surface area contributed by atoms with Crippen molar-refractivity contribution in [3.8, 4) is 0 Å². The third kappa shape index (κ3) is 3.82. The molecule has 1 unspecified atom stereocenters. The fourth-order valence-electron chi connectivity index (χ4n) is 1.79. The van der Waals surface area contributed by atoms with Gasteiger partial charge in [0.15, 0.2) is 0 Å². The molecule has 0 saturated carbocycles. The van der Waals surface area contributed by atoms with E-state index in [0.29, 0.717) is 0 Å². The Bertz CT molecular complexity index is 439. The second kappa shape index (κ2) is 6.17. The molecular weight excluding hydrogens is 252 g/mol. The predicted molar refractivity (Wildman–Crippen MR) is 74.3 cm³/mol. The van der Waals surface area contributed by atoms with Gasteiger partial charge in [-0.25, -0.2) is 0 Å². The quantitative estimate of drug-likeness (QED) is 0.645. The van der Waals surface area contributed by atoms with Gasteiger partial charge >= 0.3 is 0 Å². The van der Waals surface area contributed by atoms with Crippen molar-refractivity contribution in [3.63, 3.8) is 0 Å². The lowest BCUT2D eigenvalue weighted by atomic mass is 10.0. The maximum Gasteiger partial charge on any atom is 0.0406 e. The van der Waals surface area contributed by atoms with Gasteiger partial charge in [-0.15, -0.1) is 0 Å². The number of rotatable bonds is 5. The van der Waals surface area contributed by atoms with Crippen LogP contribution in [0.5, 0.6) is 0 Å². The Morgan fingerprint density at radius 1 is 1.12 bits per heavy atom. The number of nitrogens with one attached hydrogen (secondary N) is 1. The molecule has 4 heteroatoms. The smallest absolute Gasteiger partial charge is 0.0406 e. The molecule has 0 spiro atoms. The zero-order valence-electron chi connectivity index (χ0n) is 9.40. The molecule has 2 nitrogen and oxygen atoms in total. The van der Waals surface area contributed by atoms with Crippen molar-refractivity contribution in [2.75, 3.05) is 0 Å². The minimum Gasteiger partial charge on any atom is -0.271 e. The van der Waals surface area contributed by atoms with Gasteiger partial charge < -0.3 is 0 Å². The molecule has 0 aliphatic heterocycles. The molecule has 90 valence electrons. The van der Waals surface area contributed by atoms with Gasteiger partial charge in [0.25, 0.3) is 0 Å². The van der Waals surface area contributed by atoms with Gasteiger partial charge in [-0.2, -0.15) is 11.3 Å². The Balaban J connectivity index is 1.97. The van der Waals surface area contributed by atoms with Gasteiger partial charge in [-0.3, -0.25) is 11.3 Å². The first-order chi connectivity index (χ1) is 8.28. The number of benzene rings is 1. The van der Waals surface area contributed by atoms with Crippen LogP contribution < -0.4 is 11.3 Å². The van der Waals surface area contributed by atoms with Crippen LogP contribution in [0.1, 0.15) is 11.1 Å². The topological polar surface area (TPSA) is 38.0 Å². The zero-order chi connectivity index (χ0) is 12.1. The molecule has 1 atom stereocenters. The second-order valence-corrected chi connectivity index (χ2v) is 5.25. The average Bonchev–Trinajstić information content (AvgIpc) is 2.84. The van der Waals surface area contributed by atoms with Crippen molar-refractivity contribution in [2.45, 2.75) is 18.9 Å². The summed E-state index contributed by atoms with van der Waals surface area (Å²) in [6.07, 6.45) is 1.85. The highest BCUT2D eigenvalue weighted by molar-refractivity contribution is 7.07. The van der Waals surface area contributed by atoms with E-state index in [1.54, 1.807) is 11.3 Å². The molecule has 0 bridgehead atoms. The second-order valence-electron chi connectivity index (χ2n) is 4.03. The molecule has 0 fully saturated rings. The predicted octanol–water partition coefficient (Wildman–Crippen LogP) is 3.02. The molecule has 2 aromatic rings. The van der Waals surface area contributed by atoms with Crippen LogP contribution in [-0.2, 0) is 12.8 Å². The summed E-state index contributed by atoms with van der Waals surface area (Å²) < 4.78 is 0. The van der Waals surface area contributed by atoms with Crippen molar-refractivity contribution in [3.05, 3.63) is 57.2 Å². The van der Waals surface area contributed by atoms with E-state index in [0.717, 1.165) is 17.9 Å². The van der Waals surface area contributed by atoms with Crippen molar-refractivity contribution >= 4 is 22.9 Å². The number of thiophene rings is 1.